The molecular formula is C13H12N4O2. The fraction of sp³-hybridized carbons (Fsp3) is 0.0769. The summed E-state index contributed by atoms with van der Waals surface area (Å²) in [5.74, 6) is -0.848. The molecule has 5 N–H and O–H groups in total. The fourth-order valence-electron chi connectivity index (χ4n) is 2.25. The Morgan fingerprint density at radius 2 is 1.89 bits per heavy atom. The first-order valence-corrected chi connectivity index (χ1v) is 5.76. The van der Waals surface area contributed by atoms with Crippen LogP contribution in [0.25, 0.3) is 16.6 Å². The van der Waals surface area contributed by atoms with Gasteiger partial charge in [-0.3, -0.25) is 14.9 Å². The number of carbonyl (C=O) groups is 2. The zero-order valence-corrected chi connectivity index (χ0v) is 9.96. The number of hydrogen-bond donors (Lipinski definition) is 3. The van der Waals surface area contributed by atoms with Crippen molar-refractivity contribution >= 4 is 28.4 Å². The maximum absolute atomic E-state index is 11.7. The molecule has 0 fully saturated rings. The van der Waals surface area contributed by atoms with Gasteiger partial charge < -0.3 is 16.0 Å². The van der Waals surface area contributed by atoms with Gasteiger partial charge in [-0.2, -0.15) is 0 Å². The van der Waals surface area contributed by atoms with Crippen molar-refractivity contribution in [3.8, 4) is 0 Å². The molecule has 1 aromatic carbocycles. The number of nitrogens with one attached hydrogen (secondary N) is 1. The summed E-state index contributed by atoms with van der Waals surface area (Å²) in [6.45, 7) is 0. The molecule has 2 aromatic rings. The minimum Gasteiger partial charge on any atom is -0.312 e. The number of amides is 2. The smallest absolute Gasteiger partial charge is 0.275 e. The average molecular weight is 256 g/mol. The number of nitrogens with two attached hydrogens (primary N) is 2. The standard InChI is InChI=1S/C13H12N4O2/c14-12(15)8-6-17(9-4-2-1-3-7(8)9)10-5-11(18)16-13(10)19/h1-6,12H,14-15H2,(H,16,18,19). The minimum atomic E-state index is -0.646. The predicted molar refractivity (Wildman–Crippen MR) is 70.5 cm³/mol. The van der Waals surface area contributed by atoms with Crippen LogP contribution in [0.4, 0.5) is 0 Å². The van der Waals surface area contributed by atoms with E-state index < -0.39 is 18.0 Å². The molecule has 1 aliphatic rings. The molecule has 0 saturated carbocycles. The molecule has 1 aromatic heterocycles. The van der Waals surface area contributed by atoms with Crippen molar-refractivity contribution in [1.82, 2.24) is 9.88 Å². The Morgan fingerprint density at radius 1 is 1.16 bits per heavy atom. The lowest BCUT2D eigenvalue weighted by molar-refractivity contribution is -0.123. The van der Waals surface area contributed by atoms with Crippen LogP contribution in [0.3, 0.4) is 0 Å². The fourth-order valence-corrected chi connectivity index (χ4v) is 2.25. The Morgan fingerprint density at radius 3 is 2.53 bits per heavy atom. The van der Waals surface area contributed by atoms with Gasteiger partial charge in [0.05, 0.1) is 11.7 Å². The first kappa shape index (κ1) is 11.6. The van der Waals surface area contributed by atoms with Crippen molar-refractivity contribution < 1.29 is 9.59 Å². The molecule has 0 radical (unpaired) electrons. The Balaban J connectivity index is 2.28. The molecule has 0 unspecified atom stereocenters. The number of imide groups is 1. The topological polar surface area (TPSA) is 103 Å². The summed E-state index contributed by atoms with van der Waals surface area (Å²) >= 11 is 0. The molecule has 1 aliphatic heterocycles. The first-order chi connectivity index (χ1) is 9.08. The Kier molecular flexibility index (Phi) is 2.48. The van der Waals surface area contributed by atoms with Crippen LogP contribution in [-0.4, -0.2) is 16.4 Å². The second-order valence-corrected chi connectivity index (χ2v) is 4.35. The zero-order valence-electron chi connectivity index (χ0n) is 9.96. The number of fused-ring (bicyclic) bond motifs is 1. The molecule has 0 bridgehead atoms. The van der Waals surface area contributed by atoms with E-state index in [1.54, 1.807) is 10.8 Å². The van der Waals surface area contributed by atoms with Crippen LogP contribution in [0.5, 0.6) is 0 Å². The van der Waals surface area contributed by atoms with Gasteiger partial charge in [-0.05, 0) is 6.07 Å². The molecule has 2 heterocycles. The normalized spacial score (nSPS) is 15.2. The summed E-state index contributed by atoms with van der Waals surface area (Å²) in [7, 11) is 0. The van der Waals surface area contributed by atoms with Crippen molar-refractivity contribution in [3.05, 3.63) is 42.1 Å². The molecule has 6 nitrogen and oxygen atoms in total. The zero-order chi connectivity index (χ0) is 13.6. The molecule has 96 valence electrons. The third-order valence-corrected chi connectivity index (χ3v) is 3.10. The molecule has 0 atom stereocenters. The number of para-hydroxylation sites is 1. The SMILES string of the molecule is NC(N)c1cn(C2=CC(=O)NC2=O)c2ccccc12. The molecule has 19 heavy (non-hydrogen) atoms. The van der Waals surface area contributed by atoms with Crippen LogP contribution in [0.1, 0.15) is 11.7 Å². The number of rotatable bonds is 2. The quantitative estimate of drug-likeness (QED) is 0.522. The van der Waals surface area contributed by atoms with E-state index in [9.17, 15) is 9.59 Å². The highest BCUT2D eigenvalue weighted by molar-refractivity contribution is 6.30. The van der Waals surface area contributed by atoms with Gasteiger partial charge in [0.25, 0.3) is 11.8 Å². The summed E-state index contributed by atoms with van der Waals surface area (Å²) in [4.78, 5) is 23.0. The van der Waals surface area contributed by atoms with Crippen LogP contribution in [0, 0.1) is 0 Å². The highest BCUT2D eigenvalue weighted by atomic mass is 16.2. The lowest BCUT2D eigenvalue weighted by atomic mass is 10.1. The van der Waals surface area contributed by atoms with E-state index in [2.05, 4.69) is 5.32 Å². The number of benzene rings is 1. The number of aromatic nitrogens is 1. The summed E-state index contributed by atoms with van der Waals surface area (Å²) < 4.78 is 1.64. The molecule has 3 rings (SSSR count). The molecular weight excluding hydrogens is 244 g/mol. The van der Waals surface area contributed by atoms with Gasteiger partial charge in [-0.1, -0.05) is 18.2 Å². The number of hydrogen-bond acceptors (Lipinski definition) is 4. The highest BCUT2D eigenvalue weighted by Gasteiger charge is 2.24. The Bertz CT molecular complexity index is 727. The molecule has 0 saturated heterocycles. The van der Waals surface area contributed by atoms with Gasteiger partial charge in [-0.15, -0.1) is 0 Å². The highest BCUT2D eigenvalue weighted by Crippen LogP contribution is 2.27. The third kappa shape index (κ3) is 1.74. The van der Waals surface area contributed by atoms with Crippen LogP contribution >= 0.6 is 0 Å². The van der Waals surface area contributed by atoms with Crippen molar-refractivity contribution in [2.24, 2.45) is 11.5 Å². The van der Waals surface area contributed by atoms with Crippen molar-refractivity contribution in [3.63, 3.8) is 0 Å². The monoisotopic (exact) mass is 256 g/mol. The largest absolute Gasteiger partial charge is 0.312 e. The van der Waals surface area contributed by atoms with E-state index in [4.69, 9.17) is 11.5 Å². The Hall–Kier alpha value is -2.44. The summed E-state index contributed by atoms with van der Waals surface area (Å²) in [6, 6.07) is 7.44. The summed E-state index contributed by atoms with van der Waals surface area (Å²) in [5.41, 5.74) is 13.2. The van der Waals surface area contributed by atoms with E-state index in [0.29, 0.717) is 0 Å². The predicted octanol–water partition coefficient (Wildman–Crippen LogP) is 0.0546. The van der Waals surface area contributed by atoms with Crippen LogP contribution in [0.15, 0.2) is 36.5 Å². The van der Waals surface area contributed by atoms with E-state index in [1.807, 2.05) is 24.3 Å². The van der Waals surface area contributed by atoms with Gasteiger partial charge in [0.2, 0.25) is 0 Å². The number of nitrogens with zero attached hydrogens (tertiary/aromatic N) is 1. The molecule has 0 aliphatic carbocycles. The second-order valence-electron chi connectivity index (χ2n) is 4.35. The minimum absolute atomic E-state index is 0.271. The van der Waals surface area contributed by atoms with E-state index in [0.717, 1.165) is 16.5 Å². The van der Waals surface area contributed by atoms with Crippen molar-refractivity contribution in [1.29, 1.82) is 0 Å². The van der Waals surface area contributed by atoms with Crippen LogP contribution in [-0.2, 0) is 9.59 Å². The Labute approximate surface area is 108 Å². The van der Waals surface area contributed by atoms with Gasteiger partial charge in [0.1, 0.15) is 5.70 Å². The molecule has 0 spiro atoms. The summed E-state index contributed by atoms with van der Waals surface area (Å²) in [5, 5.41) is 3.08. The van der Waals surface area contributed by atoms with E-state index in [-0.39, 0.29) is 5.70 Å². The average Bonchev–Trinajstić information content (AvgIpc) is 2.89. The van der Waals surface area contributed by atoms with Crippen molar-refractivity contribution in [2.45, 2.75) is 6.17 Å². The lowest BCUT2D eigenvalue weighted by Crippen LogP contribution is -2.23. The summed E-state index contributed by atoms with van der Waals surface area (Å²) in [6.07, 6.45) is 2.31. The van der Waals surface area contributed by atoms with E-state index >= 15 is 0 Å². The molecule has 6 heteroatoms. The maximum Gasteiger partial charge on any atom is 0.275 e. The first-order valence-electron chi connectivity index (χ1n) is 5.76. The number of carbonyl (C=O) groups excluding carboxylic acids is 2. The van der Waals surface area contributed by atoms with Gasteiger partial charge in [0.15, 0.2) is 0 Å². The van der Waals surface area contributed by atoms with Gasteiger partial charge in [-0.25, -0.2) is 0 Å². The second kappa shape index (κ2) is 4.04. The van der Waals surface area contributed by atoms with Crippen LogP contribution in [0.2, 0.25) is 0 Å². The van der Waals surface area contributed by atoms with Crippen LogP contribution < -0.4 is 16.8 Å². The van der Waals surface area contributed by atoms with E-state index in [1.165, 1.54) is 6.08 Å². The molecule has 2 amide bonds. The van der Waals surface area contributed by atoms with Crippen molar-refractivity contribution in [2.75, 3.05) is 0 Å². The maximum atomic E-state index is 11.7. The van der Waals surface area contributed by atoms with Gasteiger partial charge in [0, 0.05) is 23.2 Å². The lowest BCUT2D eigenvalue weighted by Gasteiger charge is -2.03. The van der Waals surface area contributed by atoms with Gasteiger partial charge >= 0.3 is 0 Å². The third-order valence-electron chi connectivity index (χ3n) is 3.10.